The molecule has 96 valence electrons. The maximum absolute atomic E-state index is 12.0. The van der Waals surface area contributed by atoms with Gasteiger partial charge in [0.15, 0.2) is 0 Å². The van der Waals surface area contributed by atoms with Gasteiger partial charge in [-0.15, -0.1) is 0 Å². The van der Waals surface area contributed by atoms with Crippen LogP contribution in [0.2, 0.25) is 0 Å². The molecule has 0 aliphatic heterocycles. The molecule has 3 rings (SSSR count). The smallest absolute Gasteiger partial charge is 0.254 e. The van der Waals surface area contributed by atoms with Crippen molar-refractivity contribution in [2.45, 2.75) is 20.3 Å². The first-order valence-corrected chi connectivity index (χ1v) is 6.37. The molecule has 4 nitrogen and oxygen atoms in total. The molecule has 0 fully saturated rings. The minimum absolute atomic E-state index is 0.0612. The molecule has 19 heavy (non-hydrogen) atoms. The topological polar surface area (TPSA) is 50.2 Å². The van der Waals surface area contributed by atoms with Crippen molar-refractivity contribution in [2.24, 2.45) is 0 Å². The van der Waals surface area contributed by atoms with Crippen molar-refractivity contribution in [3.05, 3.63) is 58.0 Å². The Morgan fingerprint density at radius 1 is 1.26 bits per heavy atom. The maximum Gasteiger partial charge on any atom is 0.254 e. The summed E-state index contributed by atoms with van der Waals surface area (Å²) in [5.41, 5.74) is 4.20. The molecule has 0 bridgehead atoms. The van der Waals surface area contributed by atoms with Gasteiger partial charge in [0.05, 0.1) is 11.4 Å². The fraction of sp³-hybridized carbons (Fsp3) is 0.200. The Balaban J connectivity index is 2.41. The zero-order valence-electron chi connectivity index (χ0n) is 11.0. The number of nitrogens with zero attached hydrogens (tertiary/aromatic N) is 2. The third-order valence-electron chi connectivity index (χ3n) is 3.32. The summed E-state index contributed by atoms with van der Waals surface area (Å²) in [6.45, 7) is 3.88. The predicted molar refractivity (Wildman–Crippen MR) is 75.4 cm³/mol. The number of aromatic amines is 1. The van der Waals surface area contributed by atoms with Crippen molar-refractivity contribution in [1.82, 2.24) is 14.6 Å². The summed E-state index contributed by atoms with van der Waals surface area (Å²) < 4.78 is 1.82. The molecule has 0 aliphatic rings. The quantitative estimate of drug-likeness (QED) is 0.763. The van der Waals surface area contributed by atoms with Gasteiger partial charge in [-0.2, -0.15) is 5.10 Å². The second kappa shape index (κ2) is 4.39. The molecule has 0 unspecified atom stereocenters. The second-order valence-corrected chi connectivity index (χ2v) is 4.58. The van der Waals surface area contributed by atoms with Crippen LogP contribution < -0.4 is 5.56 Å². The van der Waals surface area contributed by atoms with E-state index in [1.165, 1.54) is 0 Å². The van der Waals surface area contributed by atoms with Crippen LogP contribution in [-0.4, -0.2) is 14.6 Å². The van der Waals surface area contributed by atoms with Gasteiger partial charge < -0.3 is 4.98 Å². The van der Waals surface area contributed by atoms with E-state index in [1.54, 1.807) is 0 Å². The minimum Gasteiger partial charge on any atom is -0.307 e. The van der Waals surface area contributed by atoms with Crippen LogP contribution in [0, 0.1) is 6.92 Å². The number of aromatic nitrogens is 3. The van der Waals surface area contributed by atoms with E-state index in [0.29, 0.717) is 5.56 Å². The molecule has 0 saturated carbocycles. The third kappa shape index (κ3) is 1.85. The van der Waals surface area contributed by atoms with E-state index in [1.807, 2.05) is 47.8 Å². The highest BCUT2D eigenvalue weighted by Crippen LogP contribution is 2.21. The Hall–Kier alpha value is -2.36. The van der Waals surface area contributed by atoms with E-state index in [9.17, 15) is 4.79 Å². The number of rotatable bonds is 2. The molecule has 2 aromatic heterocycles. The first kappa shape index (κ1) is 11.7. The van der Waals surface area contributed by atoms with Crippen molar-refractivity contribution in [2.75, 3.05) is 0 Å². The Morgan fingerprint density at radius 3 is 2.68 bits per heavy atom. The van der Waals surface area contributed by atoms with E-state index in [2.05, 4.69) is 17.0 Å². The summed E-state index contributed by atoms with van der Waals surface area (Å²) in [7, 11) is 0. The van der Waals surface area contributed by atoms with Crippen molar-refractivity contribution in [3.63, 3.8) is 0 Å². The van der Waals surface area contributed by atoms with Crippen molar-refractivity contribution in [1.29, 1.82) is 0 Å². The van der Waals surface area contributed by atoms with E-state index in [4.69, 9.17) is 0 Å². The average Bonchev–Trinajstić information content (AvgIpc) is 2.83. The van der Waals surface area contributed by atoms with Crippen LogP contribution >= 0.6 is 0 Å². The molecule has 0 spiro atoms. The summed E-state index contributed by atoms with van der Waals surface area (Å²) in [5.74, 6) is 0. The molecule has 1 N–H and O–H groups in total. The lowest BCUT2D eigenvalue weighted by atomic mass is 10.1. The maximum atomic E-state index is 12.0. The number of fused-ring (bicyclic) bond motifs is 1. The zero-order chi connectivity index (χ0) is 13.4. The number of aryl methyl sites for hydroxylation is 1. The molecule has 1 aromatic carbocycles. The van der Waals surface area contributed by atoms with Crippen LogP contribution in [0.25, 0.3) is 16.9 Å². The SMILES string of the molecule is CCc1cc2[nH]c(=O)c(C)c(-c3ccccc3)n2n1. The lowest BCUT2D eigenvalue weighted by molar-refractivity contribution is 0.881. The van der Waals surface area contributed by atoms with Crippen LogP contribution in [0.1, 0.15) is 18.2 Å². The molecule has 0 atom stereocenters. The van der Waals surface area contributed by atoms with Crippen LogP contribution in [0.15, 0.2) is 41.2 Å². The Morgan fingerprint density at radius 2 is 2.00 bits per heavy atom. The standard InChI is InChI=1S/C15H15N3O/c1-3-12-9-13-16-15(19)10(2)14(18(13)17-12)11-7-5-4-6-8-11/h4-9H,3H2,1-2H3,(H,16,19). The zero-order valence-corrected chi connectivity index (χ0v) is 11.0. The van der Waals surface area contributed by atoms with Crippen LogP contribution in [0.4, 0.5) is 0 Å². The lowest BCUT2D eigenvalue weighted by Crippen LogP contribution is -2.15. The summed E-state index contributed by atoms with van der Waals surface area (Å²) >= 11 is 0. The number of H-pyrrole nitrogens is 1. The van der Waals surface area contributed by atoms with E-state index >= 15 is 0 Å². The monoisotopic (exact) mass is 253 g/mol. The molecule has 0 saturated heterocycles. The van der Waals surface area contributed by atoms with Crippen LogP contribution in [0.5, 0.6) is 0 Å². The summed E-state index contributed by atoms with van der Waals surface area (Å²) in [6.07, 6.45) is 0.844. The van der Waals surface area contributed by atoms with Crippen molar-refractivity contribution in [3.8, 4) is 11.3 Å². The van der Waals surface area contributed by atoms with Gasteiger partial charge in [0.25, 0.3) is 5.56 Å². The molecule has 0 radical (unpaired) electrons. The van der Waals surface area contributed by atoms with Gasteiger partial charge in [0, 0.05) is 17.2 Å². The molecule has 4 heteroatoms. The molecular weight excluding hydrogens is 238 g/mol. The minimum atomic E-state index is -0.0612. The largest absolute Gasteiger partial charge is 0.307 e. The van der Waals surface area contributed by atoms with Gasteiger partial charge in [-0.1, -0.05) is 37.3 Å². The molecule has 2 heterocycles. The van der Waals surface area contributed by atoms with E-state index in [-0.39, 0.29) is 5.56 Å². The van der Waals surface area contributed by atoms with Crippen molar-refractivity contribution < 1.29 is 0 Å². The van der Waals surface area contributed by atoms with Gasteiger partial charge in [-0.3, -0.25) is 4.79 Å². The van der Waals surface area contributed by atoms with Crippen LogP contribution in [-0.2, 0) is 6.42 Å². The fourth-order valence-electron chi connectivity index (χ4n) is 2.27. The summed E-state index contributed by atoms with van der Waals surface area (Å²) in [5, 5.41) is 4.56. The molecular formula is C15H15N3O. The van der Waals surface area contributed by atoms with Crippen LogP contribution in [0.3, 0.4) is 0 Å². The highest BCUT2D eigenvalue weighted by atomic mass is 16.1. The van der Waals surface area contributed by atoms with Gasteiger partial charge in [0.1, 0.15) is 5.65 Å². The average molecular weight is 253 g/mol. The Bertz CT molecular complexity index is 784. The highest BCUT2D eigenvalue weighted by Gasteiger charge is 2.12. The second-order valence-electron chi connectivity index (χ2n) is 4.58. The number of hydrogen-bond donors (Lipinski definition) is 1. The molecule has 0 aliphatic carbocycles. The van der Waals surface area contributed by atoms with Gasteiger partial charge >= 0.3 is 0 Å². The van der Waals surface area contributed by atoms with Gasteiger partial charge in [0.2, 0.25) is 0 Å². The van der Waals surface area contributed by atoms with Gasteiger partial charge in [-0.05, 0) is 13.3 Å². The first-order chi connectivity index (χ1) is 9.20. The number of nitrogens with one attached hydrogen (secondary N) is 1. The normalized spacial score (nSPS) is 11.1. The molecule has 0 amide bonds. The van der Waals surface area contributed by atoms with Crippen molar-refractivity contribution >= 4 is 5.65 Å². The first-order valence-electron chi connectivity index (χ1n) is 6.37. The van der Waals surface area contributed by atoms with E-state index in [0.717, 1.165) is 29.0 Å². The lowest BCUT2D eigenvalue weighted by Gasteiger charge is -2.07. The Kier molecular flexibility index (Phi) is 2.71. The summed E-state index contributed by atoms with van der Waals surface area (Å²) in [6, 6.07) is 11.8. The van der Waals surface area contributed by atoms with E-state index < -0.39 is 0 Å². The fourth-order valence-corrected chi connectivity index (χ4v) is 2.27. The number of hydrogen-bond acceptors (Lipinski definition) is 2. The highest BCUT2D eigenvalue weighted by molar-refractivity contribution is 5.65. The number of benzene rings is 1. The predicted octanol–water partition coefficient (Wildman–Crippen LogP) is 2.56. The molecule has 3 aromatic rings. The Labute approximate surface area is 110 Å². The third-order valence-corrected chi connectivity index (χ3v) is 3.32. The van der Waals surface area contributed by atoms with Gasteiger partial charge in [-0.25, -0.2) is 4.52 Å². The summed E-state index contributed by atoms with van der Waals surface area (Å²) in [4.78, 5) is 14.9.